The minimum atomic E-state index is -3.68. The lowest BCUT2D eigenvalue weighted by atomic mass is 10.1. The van der Waals surface area contributed by atoms with Crippen LogP contribution in [0, 0.1) is 12.8 Å². The number of hydrogen-bond donors (Lipinski definition) is 2. The molecule has 108 valence electrons. The molecule has 2 unspecified atom stereocenters. The molecule has 0 aromatic heterocycles. The standard InChI is InChI=1S/C13H14BrNO4S/c1-8-2-5-12(11(14)6-8)20(18,19)15-10-4-3-9(7-10)13(16)17/h2-6,9-10,15H,7H2,1H3,(H,16,17). The topological polar surface area (TPSA) is 83.5 Å². The van der Waals surface area contributed by atoms with E-state index in [1.807, 2.05) is 6.92 Å². The van der Waals surface area contributed by atoms with E-state index >= 15 is 0 Å². The van der Waals surface area contributed by atoms with Gasteiger partial charge in [0.15, 0.2) is 0 Å². The van der Waals surface area contributed by atoms with Gasteiger partial charge in [-0.1, -0.05) is 18.2 Å². The quantitative estimate of drug-likeness (QED) is 0.806. The van der Waals surface area contributed by atoms with Crippen molar-refractivity contribution < 1.29 is 18.3 Å². The Labute approximate surface area is 125 Å². The monoisotopic (exact) mass is 359 g/mol. The van der Waals surface area contributed by atoms with Gasteiger partial charge in [-0.05, 0) is 47.0 Å². The van der Waals surface area contributed by atoms with Crippen LogP contribution in [0.3, 0.4) is 0 Å². The minimum Gasteiger partial charge on any atom is -0.481 e. The Morgan fingerprint density at radius 2 is 2.10 bits per heavy atom. The van der Waals surface area contributed by atoms with Gasteiger partial charge < -0.3 is 5.11 Å². The van der Waals surface area contributed by atoms with Gasteiger partial charge in [-0.3, -0.25) is 4.79 Å². The lowest BCUT2D eigenvalue weighted by Crippen LogP contribution is -2.33. The smallest absolute Gasteiger partial charge is 0.310 e. The van der Waals surface area contributed by atoms with Gasteiger partial charge >= 0.3 is 5.97 Å². The molecule has 0 radical (unpaired) electrons. The molecule has 0 amide bonds. The van der Waals surface area contributed by atoms with E-state index < -0.39 is 28.0 Å². The maximum Gasteiger partial charge on any atom is 0.310 e. The van der Waals surface area contributed by atoms with Gasteiger partial charge in [0.2, 0.25) is 10.0 Å². The number of carboxylic acids is 1. The number of benzene rings is 1. The number of sulfonamides is 1. The third-order valence-corrected chi connectivity index (χ3v) is 5.55. The second kappa shape index (κ2) is 5.67. The Kier molecular flexibility index (Phi) is 4.31. The number of rotatable bonds is 4. The van der Waals surface area contributed by atoms with E-state index in [1.165, 1.54) is 12.1 Å². The zero-order valence-corrected chi connectivity index (χ0v) is 13.1. The average Bonchev–Trinajstić information content (AvgIpc) is 2.76. The highest BCUT2D eigenvalue weighted by atomic mass is 79.9. The van der Waals surface area contributed by atoms with Crippen LogP contribution in [0.5, 0.6) is 0 Å². The van der Waals surface area contributed by atoms with E-state index in [0.717, 1.165) is 5.56 Å². The van der Waals surface area contributed by atoms with Crippen molar-refractivity contribution >= 4 is 31.9 Å². The molecule has 1 aliphatic carbocycles. The Bertz CT molecular complexity index is 669. The summed E-state index contributed by atoms with van der Waals surface area (Å²) in [7, 11) is -3.68. The third-order valence-electron chi connectivity index (χ3n) is 3.08. The van der Waals surface area contributed by atoms with Gasteiger partial charge in [-0.15, -0.1) is 0 Å². The van der Waals surface area contributed by atoms with E-state index in [2.05, 4.69) is 20.7 Å². The fraction of sp³-hybridized carbons (Fsp3) is 0.308. The highest BCUT2D eigenvalue weighted by Gasteiger charge is 2.28. The Hall–Kier alpha value is -1.18. The normalized spacial score (nSPS) is 22.1. The maximum absolute atomic E-state index is 12.3. The molecule has 0 fully saturated rings. The highest BCUT2D eigenvalue weighted by molar-refractivity contribution is 9.10. The van der Waals surface area contributed by atoms with Crippen molar-refractivity contribution in [1.82, 2.24) is 4.72 Å². The van der Waals surface area contributed by atoms with Gasteiger partial charge in [0.1, 0.15) is 0 Å². The molecular weight excluding hydrogens is 346 g/mol. The molecule has 7 heteroatoms. The fourth-order valence-electron chi connectivity index (χ4n) is 2.06. The first-order valence-corrected chi connectivity index (χ1v) is 8.27. The van der Waals surface area contributed by atoms with Gasteiger partial charge in [-0.25, -0.2) is 13.1 Å². The van der Waals surface area contributed by atoms with Crippen molar-refractivity contribution in [1.29, 1.82) is 0 Å². The van der Waals surface area contributed by atoms with E-state index in [1.54, 1.807) is 18.2 Å². The largest absolute Gasteiger partial charge is 0.481 e. The zero-order valence-electron chi connectivity index (χ0n) is 10.7. The Morgan fingerprint density at radius 3 is 2.65 bits per heavy atom. The number of carbonyl (C=O) groups is 1. The number of nitrogens with one attached hydrogen (secondary N) is 1. The second-order valence-electron chi connectivity index (χ2n) is 4.73. The molecule has 0 bridgehead atoms. The summed E-state index contributed by atoms with van der Waals surface area (Å²) >= 11 is 3.24. The number of aryl methyl sites for hydroxylation is 1. The van der Waals surface area contributed by atoms with E-state index in [0.29, 0.717) is 4.47 Å². The van der Waals surface area contributed by atoms with E-state index in [4.69, 9.17) is 5.11 Å². The predicted molar refractivity (Wildman–Crippen MR) is 77.9 cm³/mol. The molecule has 1 aromatic rings. The van der Waals surface area contributed by atoms with Crippen molar-refractivity contribution in [3.05, 3.63) is 40.4 Å². The molecular formula is C13H14BrNO4S. The zero-order chi connectivity index (χ0) is 14.9. The SMILES string of the molecule is Cc1ccc(S(=O)(=O)NC2C=CC(C(=O)O)C2)c(Br)c1. The lowest BCUT2D eigenvalue weighted by molar-refractivity contribution is -0.140. The molecule has 20 heavy (non-hydrogen) atoms. The first-order chi connectivity index (χ1) is 9.29. The van der Waals surface area contributed by atoms with Crippen LogP contribution in [0.1, 0.15) is 12.0 Å². The fourth-order valence-corrected chi connectivity index (χ4v) is 4.45. The van der Waals surface area contributed by atoms with Crippen LogP contribution in [0.15, 0.2) is 39.7 Å². The lowest BCUT2D eigenvalue weighted by Gasteiger charge is -2.14. The van der Waals surface area contributed by atoms with Crippen molar-refractivity contribution in [2.24, 2.45) is 5.92 Å². The van der Waals surface area contributed by atoms with Crippen molar-refractivity contribution in [3.8, 4) is 0 Å². The Morgan fingerprint density at radius 1 is 1.40 bits per heavy atom. The van der Waals surface area contributed by atoms with Crippen LogP contribution >= 0.6 is 15.9 Å². The van der Waals surface area contributed by atoms with Crippen LogP contribution in [0.4, 0.5) is 0 Å². The van der Waals surface area contributed by atoms with E-state index in [-0.39, 0.29) is 11.3 Å². The molecule has 2 N–H and O–H groups in total. The summed E-state index contributed by atoms with van der Waals surface area (Å²) in [4.78, 5) is 11.0. The summed E-state index contributed by atoms with van der Waals surface area (Å²) in [5, 5.41) is 8.89. The predicted octanol–water partition coefficient (Wildman–Crippen LogP) is 2.07. The summed E-state index contributed by atoms with van der Waals surface area (Å²) in [5.74, 6) is -1.58. The first kappa shape index (κ1) is 15.2. The van der Waals surface area contributed by atoms with Gasteiger partial charge in [0.25, 0.3) is 0 Å². The number of carboxylic acid groups (broad SMARTS) is 1. The number of halogens is 1. The molecule has 0 saturated heterocycles. The molecule has 1 aliphatic rings. The molecule has 1 aromatic carbocycles. The maximum atomic E-state index is 12.3. The molecule has 0 spiro atoms. The van der Waals surface area contributed by atoms with Crippen LogP contribution in [-0.2, 0) is 14.8 Å². The Balaban J connectivity index is 2.17. The van der Waals surface area contributed by atoms with Gasteiger partial charge in [0, 0.05) is 10.5 Å². The van der Waals surface area contributed by atoms with Crippen molar-refractivity contribution in [2.75, 3.05) is 0 Å². The summed E-state index contributed by atoms with van der Waals surface area (Å²) in [6.45, 7) is 1.87. The third kappa shape index (κ3) is 3.28. The highest BCUT2D eigenvalue weighted by Crippen LogP contribution is 2.25. The van der Waals surface area contributed by atoms with Crippen LogP contribution in [0.25, 0.3) is 0 Å². The summed E-state index contributed by atoms with van der Waals surface area (Å²) in [6, 6.07) is 4.47. The first-order valence-electron chi connectivity index (χ1n) is 5.99. The summed E-state index contributed by atoms with van der Waals surface area (Å²) in [6.07, 6.45) is 3.33. The molecule has 2 rings (SSSR count). The summed E-state index contributed by atoms with van der Waals surface area (Å²) < 4.78 is 27.5. The van der Waals surface area contributed by atoms with Crippen LogP contribution < -0.4 is 4.72 Å². The molecule has 0 heterocycles. The number of hydrogen-bond acceptors (Lipinski definition) is 3. The van der Waals surface area contributed by atoms with E-state index in [9.17, 15) is 13.2 Å². The average molecular weight is 360 g/mol. The molecule has 0 saturated carbocycles. The molecule has 0 aliphatic heterocycles. The minimum absolute atomic E-state index is 0.148. The van der Waals surface area contributed by atoms with Crippen LogP contribution in [0.2, 0.25) is 0 Å². The van der Waals surface area contributed by atoms with Crippen LogP contribution in [-0.4, -0.2) is 25.5 Å². The second-order valence-corrected chi connectivity index (χ2v) is 7.26. The van der Waals surface area contributed by atoms with Crippen molar-refractivity contribution in [3.63, 3.8) is 0 Å². The number of aliphatic carboxylic acids is 1. The van der Waals surface area contributed by atoms with Gasteiger partial charge in [-0.2, -0.15) is 0 Å². The molecule has 5 nitrogen and oxygen atoms in total. The summed E-state index contributed by atoms with van der Waals surface area (Å²) in [5.41, 5.74) is 0.947. The van der Waals surface area contributed by atoms with Crippen molar-refractivity contribution in [2.45, 2.75) is 24.3 Å². The molecule has 2 atom stereocenters. The van der Waals surface area contributed by atoms with Gasteiger partial charge in [0.05, 0.1) is 10.8 Å².